The maximum absolute atomic E-state index is 11.9. The average molecular weight is 310 g/mol. The predicted octanol–water partition coefficient (Wildman–Crippen LogP) is 4.62. The van der Waals surface area contributed by atoms with Crippen molar-refractivity contribution in [3.8, 4) is 0 Å². The van der Waals surface area contributed by atoms with E-state index in [1.165, 1.54) is 38.5 Å². The molecule has 1 unspecified atom stereocenters. The smallest absolute Gasteiger partial charge is 0.345 e. The molecule has 0 aliphatic carbocycles. The van der Waals surface area contributed by atoms with E-state index in [1.807, 2.05) is 0 Å². The highest BCUT2D eigenvalue weighted by molar-refractivity contribution is 6.19. The number of aliphatic hydroxyl groups is 1. The molecule has 4 heteroatoms. The highest BCUT2D eigenvalue weighted by Gasteiger charge is 2.33. The van der Waals surface area contributed by atoms with Gasteiger partial charge in [-0.3, -0.25) is 4.79 Å². The molecule has 1 N–H and O–H groups in total. The summed E-state index contributed by atoms with van der Waals surface area (Å²) < 4.78 is 5.27. The van der Waals surface area contributed by atoms with Gasteiger partial charge in [-0.05, 0) is 12.8 Å². The van der Waals surface area contributed by atoms with Crippen molar-refractivity contribution in [1.29, 1.82) is 0 Å². The van der Waals surface area contributed by atoms with Crippen molar-refractivity contribution in [3.05, 3.63) is 11.3 Å². The Bertz CT molecular complexity index is 378. The Hall–Kier alpha value is -1.32. The van der Waals surface area contributed by atoms with Gasteiger partial charge in [0.15, 0.2) is 5.78 Å². The van der Waals surface area contributed by atoms with Gasteiger partial charge in [0.25, 0.3) is 0 Å². The molecule has 126 valence electrons. The Balaban J connectivity index is 2.21. The minimum atomic E-state index is -0.653. The van der Waals surface area contributed by atoms with Gasteiger partial charge in [0.2, 0.25) is 0 Å². The number of allylic oxidation sites excluding steroid dienone is 1. The second-order valence-corrected chi connectivity index (χ2v) is 6.09. The number of aliphatic hydroxyl groups excluding tert-OH is 1. The number of Topliss-reactive ketones (excluding diaryl/α,β-unsaturated/α-hetero) is 1. The lowest BCUT2D eigenvalue weighted by Gasteiger charge is -2.23. The molecule has 0 amide bonds. The quantitative estimate of drug-likeness (QED) is 0.210. The Labute approximate surface area is 133 Å². The first kappa shape index (κ1) is 18.7. The molecule has 0 aromatic carbocycles. The third kappa shape index (κ3) is 6.20. The number of carbonyl (C=O) groups excluding carboxylic acids is 2. The molecule has 0 bridgehead atoms. The Morgan fingerprint density at radius 2 is 1.64 bits per heavy atom. The molecule has 1 heterocycles. The molecule has 1 aliphatic rings. The number of cyclic esters (lactones) is 1. The standard InChI is InChI=1S/C18H30O4/c1-3-5-6-7-8-9-10-11-12-14-13-16(20)17(15(19)4-2)18(21)22-14/h14,19H,3-13H2,1-2H3. The first-order chi connectivity index (χ1) is 10.6. The van der Waals surface area contributed by atoms with Crippen LogP contribution in [0.3, 0.4) is 0 Å². The van der Waals surface area contributed by atoms with Crippen LogP contribution in [-0.4, -0.2) is 23.0 Å². The van der Waals surface area contributed by atoms with E-state index < -0.39 is 5.97 Å². The van der Waals surface area contributed by atoms with Gasteiger partial charge in [0.1, 0.15) is 17.4 Å². The molecule has 1 fully saturated rings. The minimum absolute atomic E-state index is 0.144. The summed E-state index contributed by atoms with van der Waals surface area (Å²) in [6.45, 7) is 3.92. The van der Waals surface area contributed by atoms with E-state index in [0.717, 1.165) is 19.3 Å². The third-order valence-corrected chi connectivity index (χ3v) is 4.17. The van der Waals surface area contributed by atoms with Crippen molar-refractivity contribution in [2.75, 3.05) is 0 Å². The summed E-state index contributed by atoms with van der Waals surface area (Å²) in [5, 5.41) is 9.60. The van der Waals surface area contributed by atoms with Gasteiger partial charge in [-0.25, -0.2) is 4.79 Å². The summed E-state index contributed by atoms with van der Waals surface area (Å²) >= 11 is 0. The summed E-state index contributed by atoms with van der Waals surface area (Å²) in [5.74, 6) is -1.08. The maximum Gasteiger partial charge on any atom is 0.345 e. The largest absolute Gasteiger partial charge is 0.511 e. The zero-order valence-corrected chi connectivity index (χ0v) is 14.0. The topological polar surface area (TPSA) is 63.6 Å². The monoisotopic (exact) mass is 310 g/mol. The number of esters is 1. The third-order valence-electron chi connectivity index (χ3n) is 4.17. The molecule has 0 saturated carbocycles. The van der Waals surface area contributed by atoms with E-state index >= 15 is 0 Å². The molecular weight excluding hydrogens is 280 g/mol. The Morgan fingerprint density at radius 1 is 1.05 bits per heavy atom. The lowest BCUT2D eigenvalue weighted by atomic mass is 9.96. The lowest BCUT2D eigenvalue weighted by molar-refractivity contribution is -0.151. The van der Waals surface area contributed by atoms with Crippen molar-refractivity contribution in [1.82, 2.24) is 0 Å². The fourth-order valence-corrected chi connectivity index (χ4v) is 2.80. The predicted molar refractivity (Wildman–Crippen MR) is 86.7 cm³/mol. The van der Waals surface area contributed by atoms with Gasteiger partial charge in [-0.15, -0.1) is 0 Å². The second kappa shape index (κ2) is 10.4. The highest BCUT2D eigenvalue weighted by Crippen LogP contribution is 2.23. The van der Waals surface area contributed by atoms with Gasteiger partial charge in [0, 0.05) is 12.8 Å². The van der Waals surface area contributed by atoms with Gasteiger partial charge >= 0.3 is 5.97 Å². The van der Waals surface area contributed by atoms with Gasteiger partial charge in [-0.1, -0.05) is 58.8 Å². The number of hydrogen-bond acceptors (Lipinski definition) is 4. The average Bonchev–Trinajstić information content (AvgIpc) is 2.49. The van der Waals surface area contributed by atoms with Gasteiger partial charge in [0.05, 0.1) is 0 Å². The van der Waals surface area contributed by atoms with Crippen molar-refractivity contribution in [3.63, 3.8) is 0 Å². The Kier molecular flexibility index (Phi) is 8.86. The van der Waals surface area contributed by atoms with Gasteiger partial charge in [-0.2, -0.15) is 0 Å². The van der Waals surface area contributed by atoms with E-state index in [0.29, 0.717) is 0 Å². The number of carbonyl (C=O) groups is 2. The lowest BCUT2D eigenvalue weighted by Crippen LogP contribution is -2.33. The van der Waals surface area contributed by atoms with Crippen molar-refractivity contribution < 1.29 is 19.4 Å². The molecule has 1 saturated heterocycles. The van der Waals surface area contributed by atoms with Crippen LogP contribution >= 0.6 is 0 Å². The first-order valence-corrected chi connectivity index (χ1v) is 8.76. The maximum atomic E-state index is 11.9. The van der Waals surface area contributed by atoms with Crippen LogP contribution in [0.15, 0.2) is 11.3 Å². The number of ketones is 1. The molecule has 22 heavy (non-hydrogen) atoms. The van der Waals surface area contributed by atoms with Gasteiger partial charge < -0.3 is 9.84 Å². The molecule has 1 atom stereocenters. The Morgan fingerprint density at radius 3 is 2.18 bits per heavy atom. The van der Waals surface area contributed by atoms with Crippen LogP contribution in [0.1, 0.15) is 84.5 Å². The van der Waals surface area contributed by atoms with E-state index in [9.17, 15) is 14.7 Å². The summed E-state index contributed by atoms with van der Waals surface area (Å²) in [4.78, 5) is 23.7. The van der Waals surface area contributed by atoms with Crippen LogP contribution in [0, 0.1) is 0 Å². The van der Waals surface area contributed by atoms with E-state index in [-0.39, 0.29) is 36.1 Å². The molecule has 1 rings (SSSR count). The van der Waals surface area contributed by atoms with Crippen LogP contribution in [-0.2, 0) is 14.3 Å². The molecular formula is C18H30O4. The zero-order chi connectivity index (χ0) is 16.4. The molecule has 0 aromatic rings. The van der Waals surface area contributed by atoms with E-state index in [2.05, 4.69) is 6.92 Å². The van der Waals surface area contributed by atoms with Crippen LogP contribution in [0.2, 0.25) is 0 Å². The fourth-order valence-electron chi connectivity index (χ4n) is 2.80. The molecule has 4 nitrogen and oxygen atoms in total. The van der Waals surface area contributed by atoms with Crippen LogP contribution in [0.4, 0.5) is 0 Å². The molecule has 1 aliphatic heterocycles. The SMILES string of the molecule is CCCCCCCCCCC1CC(=O)C(=C(O)CC)C(=O)O1. The van der Waals surface area contributed by atoms with Crippen molar-refractivity contribution in [2.24, 2.45) is 0 Å². The summed E-state index contributed by atoms with van der Waals surface area (Å²) in [6.07, 6.45) is 10.7. The fraction of sp³-hybridized carbons (Fsp3) is 0.778. The second-order valence-electron chi connectivity index (χ2n) is 6.09. The minimum Gasteiger partial charge on any atom is -0.511 e. The zero-order valence-electron chi connectivity index (χ0n) is 14.0. The normalized spacial score (nSPS) is 20.9. The summed E-state index contributed by atoms with van der Waals surface area (Å²) in [7, 11) is 0. The summed E-state index contributed by atoms with van der Waals surface area (Å²) in [6, 6.07) is 0. The van der Waals surface area contributed by atoms with E-state index in [1.54, 1.807) is 6.92 Å². The molecule has 0 aromatic heterocycles. The number of rotatable bonds is 10. The summed E-state index contributed by atoms with van der Waals surface area (Å²) in [5.41, 5.74) is -0.144. The van der Waals surface area contributed by atoms with Crippen LogP contribution in [0.5, 0.6) is 0 Å². The van der Waals surface area contributed by atoms with Crippen molar-refractivity contribution >= 4 is 11.8 Å². The van der Waals surface area contributed by atoms with Crippen molar-refractivity contribution in [2.45, 2.75) is 90.6 Å². The number of ether oxygens (including phenoxy) is 1. The molecule has 0 spiro atoms. The van der Waals surface area contributed by atoms with Crippen LogP contribution < -0.4 is 0 Å². The molecule has 0 radical (unpaired) electrons. The van der Waals surface area contributed by atoms with Crippen LogP contribution in [0.25, 0.3) is 0 Å². The highest BCUT2D eigenvalue weighted by atomic mass is 16.5. The van der Waals surface area contributed by atoms with E-state index in [4.69, 9.17) is 4.74 Å². The number of unbranched alkanes of at least 4 members (excludes halogenated alkanes) is 7. The first-order valence-electron chi connectivity index (χ1n) is 8.76. The number of hydrogen-bond donors (Lipinski definition) is 1.